The lowest BCUT2D eigenvalue weighted by Crippen LogP contribution is -2.59. The summed E-state index contributed by atoms with van der Waals surface area (Å²) < 4.78 is 6.02. The molecule has 0 saturated heterocycles. The topological polar surface area (TPSA) is 87.0 Å². The summed E-state index contributed by atoms with van der Waals surface area (Å²) in [5.74, 6) is 5.94. The quantitative estimate of drug-likeness (QED) is 0.147. The Hall–Kier alpha value is -2.23. The normalized spacial score (nSPS) is 35.5. The van der Waals surface area contributed by atoms with Crippen LogP contribution in [0.1, 0.15) is 104 Å². The van der Waals surface area contributed by atoms with Gasteiger partial charge in [-0.05, 0) is 102 Å². The van der Waals surface area contributed by atoms with Gasteiger partial charge in [0.05, 0.1) is 23.9 Å². The van der Waals surface area contributed by atoms with Gasteiger partial charge in [-0.1, -0.05) is 72.3 Å². The second kappa shape index (κ2) is 14.0. The van der Waals surface area contributed by atoms with Crippen LogP contribution in [0.2, 0.25) is 0 Å². The van der Waals surface area contributed by atoms with Gasteiger partial charge >= 0.3 is 0 Å². The van der Waals surface area contributed by atoms with E-state index in [9.17, 15) is 20.1 Å². The number of ether oxygens (including phenoxy) is 1. The van der Waals surface area contributed by atoms with Gasteiger partial charge in [0.1, 0.15) is 12.9 Å². The average molecular weight is 577 g/mol. The van der Waals surface area contributed by atoms with E-state index < -0.39 is 22.7 Å². The van der Waals surface area contributed by atoms with Crippen molar-refractivity contribution in [3.63, 3.8) is 0 Å². The van der Waals surface area contributed by atoms with Crippen LogP contribution < -0.4 is 0 Å². The van der Waals surface area contributed by atoms with Crippen molar-refractivity contribution < 1.29 is 24.9 Å². The third-order valence-corrected chi connectivity index (χ3v) is 10.8. The number of rotatable bonds is 5. The van der Waals surface area contributed by atoms with Gasteiger partial charge in [0.15, 0.2) is 0 Å². The Morgan fingerprint density at radius 2 is 1.93 bits per heavy atom. The number of aldehydes is 1. The summed E-state index contributed by atoms with van der Waals surface area (Å²) >= 11 is 0. The summed E-state index contributed by atoms with van der Waals surface area (Å²) in [5, 5.41) is 35.7. The van der Waals surface area contributed by atoms with Gasteiger partial charge in [-0.25, -0.2) is 0 Å². The van der Waals surface area contributed by atoms with Crippen LogP contribution in [0.4, 0.5) is 0 Å². The molecule has 1 heterocycles. The third-order valence-electron chi connectivity index (χ3n) is 10.8. The first-order valence-electron chi connectivity index (χ1n) is 16.0. The van der Waals surface area contributed by atoms with E-state index in [0.717, 1.165) is 68.0 Å². The molecule has 0 aromatic carbocycles. The maximum absolute atomic E-state index is 12.3. The van der Waals surface area contributed by atoms with Crippen molar-refractivity contribution in [1.82, 2.24) is 0 Å². The molecule has 0 aromatic heterocycles. The Morgan fingerprint density at radius 3 is 2.67 bits per heavy atom. The van der Waals surface area contributed by atoms with E-state index in [1.54, 1.807) is 0 Å². The van der Waals surface area contributed by atoms with E-state index in [2.05, 4.69) is 31.4 Å². The molecule has 3 N–H and O–H groups in total. The molecule has 0 aromatic rings. The van der Waals surface area contributed by atoms with Gasteiger partial charge in [0, 0.05) is 17.8 Å². The highest BCUT2D eigenvalue weighted by Crippen LogP contribution is 2.63. The van der Waals surface area contributed by atoms with E-state index in [1.165, 1.54) is 5.57 Å². The predicted octanol–water partition coefficient (Wildman–Crippen LogP) is 6.69. The van der Waals surface area contributed by atoms with Gasteiger partial charge in [-0.3, -0.25) is 4.79 Å². The highest BCUT2D eigenvalue weighted by molar-refractivity contribution is 5.74. The van der Waals surface area contributed by atoms with Crippen LogP contribution in [0.3, 0.4) is 0 Å². The zero-order valence-electron chi connectivity index (χ0n) is 26.1. The van der Waals surface area contributed by atoms with Crippen LogP contribution in [0, 0.1) is 29.1 Å². The first kappa shape index (κ1) is 32.7. The summed E-state index contributed by atoms with van der Waals surface area (Å²) in [7, 11) is 0. The Kier molecular flexibility index (Phi) is 10.9. The second-order valence-electron chi connectivity index (χ2n) is 13.6. The minimum Gasteiger partial charge on any atom is -0.392 e. The summed E-state index contributed by atoms with van der Waals surface area (Å²) in [6, 6.07) is 0. The van der Waals surface area contributed by atoms with E-state index in [-0.39, 0.29) is 11.8 Å². The van der Waals surface area contributed by atoms with Crippen molar-refractivity contribution in [2.75, 3.05) is 13.2 Å². The standard InChI is InChI=1S/C37H52O5/c1-27-11-5-8-24-42-26-30(15-10-14-28(2)13-9-12-27)32-17-23-37(34(32)39)33(18-22-36(41)19-6-7-20-36)31(29(3)25-38)16-21-35(37,4)40/h10,12,14-15,25,32-34,39-41H,2,6-7,9,11,13,16-24,26H2,1,3-4H3. The highest BCUT2D eigenvalue weighted by Gasteiger charge is 2.64. The molecule has 3 aliphatic carbocycles. The molecule has 230 valence electrons. The van der Waals surface area contributed by atoms with Crippen LogP contribution in [-0.4, -0.2) is 52.1 Å². The third kappa shape index (κ3) is 7.11. The Bertz CT molecular complexity index is 1180. The summed E-state index contributed by atoms with van der Waals surface area (Å²) in [5.41, 5.74) is 2.39. The lowest BCUT2D eigenvalue weighted by atomic mass is 9.52. The predicted molar refractivity (Wildman–Crippen MR) is 168 cm³/mol. The zero-order valence-corrected chi connectivity index (χ0v) is 26.1. The van der Waals surface area contributed by atoms with Gasteiger partial charge < -0.3 is 20.1 Å². The molecule has 4 rings (SSSR count). The average Bonchev–Trinajstić information content (AvgIpc) is 3.54. The fourth-order valence-electron chi connectivity index (χ4n) is 8.28. The number of aliphatic hydroxyl groups excluding tert-OH is 1. The second-order valence-corrected chi connectivity index (χ2v) is 13.6. The fourth-order valence-corrected chi connectivity index (χ4v) is 8.28. The van der Waals surface area contributed by atoms with Crippen molar-refractivity contribution >= 4 is 6.29 Å². The first-order chi connectivity index (χ1) is 20.0. The molecule has 5 heteroatoms. The molecule has 5 nitrogen and oxygen atoms in total. The van der Waals surface area contributed by atoms with Gasteiger partial charge in [-0.2, -0.15) is 0 Å². The number of hydrogen-bond donors (Lipinski definition) is 3. The number of allylic oxidation sites excluding steroid dienone is 8. The molecule has 1 spiro atoms. The smallest absolute Gasteiger partial charge is 0.145 e. The number of aliphatic hydroxyl groups is 3. The monoisotopic (exact) mass is 576 g/mol. The minimum atomic E-state index is -1.11. The number of carbonyl (C=O) groups is 1. The summed E-state index contributed by atoms with van der Waals surface area (Å²) in [4.78, 5) is 12.0. The van der Waals surface area contributed by atoms with Crippen LogP contribution in [-0.2, 0) is 9.53 Å². The molecule has 1 aliphatic heterocycles. The molecule has 4 aliphatic rings. The van der Waals surface area contributed by atoms with Crippen molar-refractivity contribution in [2.24, 2.45) is 17.3 Å². The molecule has 42 heavy (non-hydrogen) atoms. The van der Waals surface area contributed by atoms with Gasteiger partial charge in [0.25, 0.3) is 0 Å². The van der Waals surface area contributed by atoms with Crippen molar-refractivity contribution in [1.29, 1.82) is 0 Å². The first-order valence-corrected chi connectivity index (χ1v) is 16.0. The lowest BCUT2D eigenvalue weighted by Gasteiger charge is -2.56. The molecule has 5 unspecified atom stereocenters. The molecule has 3 saturated carbocycles. The molecule has 0 bridgehead atoms. The molecule has 0 radical (unpaired) electrons. The van der Waals surface area contributed by atoms with Gasteiger partial charge in [0.2, 0.25) is 0 Å². The van der Waals surface area contributed by atoms with E-state index in [4.69, 9.17) is 4.74 Å². The molecular formula is C37H52O5. The zero-order chi connectivity index (χ0) is 30.4. The highest BCUT2D eigenvalue weighted by atomic mass is 16.5. The summed E-state index contributed by atoms with van der Waals surface area (Å²) in [6.07, 6.45) is 18.3. The number of hydrogen-bond acceptors (Lipinski definition) is 5. The molecule has 5 atom stereocenters. The van der Waals surface area contributed by atoms with E-state index in [0.29, 0.717) is 57.3 Å². The van der Waals surface area contributed by atoms with Crippen LogP contribution in [0.5, 0.6) is 0 Å². The van der Waals surface area contributed by atoms with Crippen molar-refractivity contribution in [3.05, 3.63) is 58.7 Å². The fraction of sp³-hybridized carbons (Fsp3) is 0.649. The maximum atomic E-state index is 12.3. The lowest BCUT2D eigenvalue weighted by molar-refractivity contribution is -0.169. The van der Waals surface area contributed by atoms with Crippen molar-refractivity contribution in [3.8, 4) is 11.8 Å². The van der Waals surface area contributed by atoms with E-state index >= 15 is 0 Å². The van der Waals surface area contributed by atoms with Crippen LogP contribution >= 0.6 is 0 Å². The van der Waals surface area contributed by atoms with Gasteiger partial charge in [-0.15, -0.1) is 0 Å². The molecule has 3 fully saturated rings. The Morgan fingerprint density at radius 1 is 1.17 bits per heavy atom. The summed E-state index contributed by atoms with van der Waals surface area (Å²) in [6.45, 7) is 10.7. The number of carbonyl (C=O) groups excluding carboxylic acids is 1. The molecule has 0 amide bonds. The largest absolute Gasteiger partial charge is 0.392 e. The SMILES string of the molecule is C=C1C=CC=C(C2CCC3(C(CCC4(O)CCCC4)C(=C(C)C=O)CCC3(C)O)C2O)COCC#CCC(C)=CCC1. The Labute approximate surface area is 253 Å². The van der Waals surface area contributed by atoms with Crippen LogP contribution in [0.15, 0.2) is 58.7 Å². The maximum Gasteiger partial charge on any atom is 0.145 e. The Balaban J connectivity index is 1.67. The van der Waals surface area contributed by atoms with Crippen LogP contribution in [0.25, 0.3) is 0 Å². The van der Waals surface area contributed by atoms with E-state index in [1.807, 2.05) is 32.1 Å². The van der Waals surface area contributed by atoms with Crippen molar-refractivity contribution in [2.45, 2.75) is 122 Å². The molecular weight excluding hydrogens is 524 g/mol. The minimum absolute atomic E-state index is 0.184.